The molecule has 0 radical (unpaired) electrons. The zero-order chi connectivity index (χ0) is 24.2. The van der Waals surface area contributed by atoms with Gasteiger partial charge in [0.1, 0.15) is 11.7 Å². The molecule has 9 nitrogen and oxygen atoms in total. The molecule has 1 unspecified atom stereocenters. The predicted molar refractivity (Wildman–Crippen MR) is 128 cm³/mol. The van der Waals surface area contributed by atoms with E-state index in [9.17, 15) is 19.6 Å². The molecule has 0 fully saturated rings. The first-order valence-corrected chi connectivity index (χ1v) is 10.9. The highest BCUT2D eigenvalue weighted by Gasteiger charge is 2.31. The number of aromatic nitrogens is 2. The molecule has 1 atom stereocenters. The van der Waals surface area contributed by atoms with Crippen LogP contribution in [0.1, 0.15) is 30.4 Å². The van der Waals surface area contributed by atoms with Crippen LogP contribution < -0.4 is 10.6 Å². The molecule has 1 aliphatic heterocycles. The van der Waals surface area contributed by atoms with Crippen molar-refractivity contribution in [3.05, 3.63) is 66.0 Å². The highest BCUT2D eigenvalue weighted by Crippen LogP contribution is 2.31. The highest BCUT2D eigenvalue weighted by atomic mass is 16.2. The number of amides is 2. The summed E-state index contributed by atoms with van der Waals surface area (Å²) >= 11 is 0. The van der Waals surface area contributed by atoms with E-state index in [2.05, 4.69) is 21.7 Å². The summed E-state index contributed by atoms with van der Waals surface area (Å²) in [5.74, 6) is -0.908. The van der Waals surface area contributed by atoms with E-state index < -0.39 is 5.92 Å². The van der Waals surface area contributed by atoms with Crippen LogP contribution in [0.4, 0.5) is 11.4 Å². The maximum absolute atomic E-state index is 12.9. The third-order valence-corrected chi connectivity index (χ3v) is 5.58. The molecular weight excluding hydrogens is 432 g/mol. The standard InChI is InChI=1S/C25H24N6O3/c1-3-30(15-23(33)28-19-10-8-18(9-11-19)27-16(2)32)14-17-12-24(34)31-22-7-5-4-6-21(22)29-25(31)20(17)13-26/h4-12,20H,3,14-15H2,1-2H3,(H,27,32)(H,28,33). The fourth-order valence-electron chi connectivity index (χ4n) is 4.00. The van der Waals surface area contributed by atoms with Crippen LogP contribution in [0.15, 0.2) is 60.2 Å². The number of hydrogen-bond donors (Lipinski definition) is 2. The second kappa shape index (κ2) is 9.68. The molecule has 0 bridgehead atoms. The second-order valence-electron chi connectivity index (χ2n) is 8.02. The van der Waals surface area contributed by atoms with Crippen molar-refractivity contribution in [2.75, 3.05) is 30.3 Å². The van der Waals surface area contributed by atoms with Crippen molar-refractivity contribution in [1.29, 1.82) is 5.26 Å². The Bertz CT molecular complexity index is 1330. The number of allylic oxidation sites excluding steroid dienone is 1. The van der Waals surface area contributed by atoms with Crippen LogP contribution >= 0.6 is 0 Å². The van der Waals surface area contributed by atoms with Gasteiger partial charge in [-0.15, -0.1) is 0 Å². The lowest BCUT2D eigenvalue weighted by Crippen LogP contribution is -2.36. The highest BCUT2D eigenvalue weighted by molar-refractivity contribution is 6.00. The van der Waals surface area contributed by atoms with Gasteiger partial charge in [0.25, 0.3) is 5.91 Å². The number of hydrogen-bond acceptors (Lipinski definition) is 6. The molecule has 0 spiro atoms. The first kappa shape index (κ1) is 22.9. The summed E-state index contributed by atoms with van der Waals surface area (Å²) in [7, 11) is 0. The Kier molecular flexibility index (Phi) is 6.52. The van der Waals surface area contributed by atoms with Crippen molar-refractivity contribution in [3.8, 4) is 6.07 Å². The van der Waals surface area contributed by atoms with Crippen LogP contribution in [0, 0.1) is 11.3 Å². The van der Waals surface area contributed by atoms with Crippen LogP contribution in [-0.4, -0.2) is 51.8 Å². The number of carbonyl (C=O) groups excluding carboxylic acids is 3. The Balaban J connectivity index is 1.45. The van der Waals surface area contributed by atoms with Crippen LogP contribution in [0.25, 0.3) is 11.0 Å². The smallest absolute Gasteiger partial charge is 0.256 e. The lowest BCUT2D eigenvalue weighted by molar-refractivity contribution is -0.117. The first-order valence-electron chi connectivity index (χ1n) is 10.9. The Labute approximate surface area is 196 Å². The summed E-state index contributed by atoms with van der Waals surface area (Å²) in [5.41, 5.74) is 3.20. The maximum Gasteiger partial charge on any atom is 0.256 e. The van der Waals surface area contributed by atoms with Crippen LogP contribution in [0.5, 0.6) is 0 Å². The summed E-state index contributed by atoms with van der Waals surface area (Å²) in [4.78, 5) is 43.0. The number of likely N-dealkylation sites (N-methyl/N-ethyl adjacent to an activating group) is 1. The van der Waals surface area contributed by atoms with Gasteiger partial charge < -0.3 is 10.6 Å². The lowest BCUT2D eigenvalue weighted by Gasteiger charge is -2.26. The molecule has 3 aromatic rings. The lowest BCUT2D eigenvalue weighted by atomic mass is 9.95. The zero-order valence-electron chi connectivity index (χ0n) is 18.9. The van der Waals surface area contributed by atoms with Gasteiger partial charge in [0.05, 0.1) is 23.6 Å². The number of imidazole rings is 1. The van der Waals surface area contributed by atoms with Crippen LogP contribution in [-0.2, 0) is 9.59 Å². The van der Waals surface area contributed by atoms with Gasteiger partial charge in [0.15, 0.2) is 0 Å². The Morgan fingerprint density at radius 2 is 1.79 bits per heavy atom. The van der Waals surface area contributed by atoms with E-state index in [1.807, 2.05) is 36.1 Å². The molecule has 34 heavy (non-hydrogen) atoms. The van der Waals surface area contributed by atoms with E-state index in [1.54, 1.807) is 24.3 Å². The Morgan fingerprint density at radius 1 is 1.12 bits per heavy atom. The minimum absolute atomic E-state index is 0.0873. The number of para-hydroxylation sites is 2. The van der Waals surface area contributed by atoms with Gasteiger partial charge in [-0.1, -0.05) is 19.1 Å². The van der Waals surface area contributed by atoms with Crippen molar-refractivity contribution in [1.82, 2.24) is 14.5 Å². The van der Waals surface area contributed by atoms with E-state index in [4.69, 9.17) is 0 Å². The van der Waals surface area contributed by atoms with Gasteiger partial charge in [0.2, 0.25) is 11.8 Å². The first-order chi connectivity index (χ1) is 16.4. The average molecular weight is 457 g/mol. The molecule has 9 heteroatoms. The molecule has 1 aromatic heterocycles. The number of anilines is 2. The topological polar surface area (TPSA) is 120 Å². The van der Waals surface area contributed by atoms with Crippen molar-refractivity contribution in [3.63, 3.8) is 0 Å². The third-order valence-electron chi connectivity index (χ3n) is 5.58. The minimum Gasteiger partial charge on any atom is -0.326 e. The maximum atomic E-state index is 12.9. The van der Waals surface area contributed by atoms with Gasteiger partial charge in [0, 0.05) is 30.9 Å². The number of nitrogens with one attached hydrogen (secondary N) is 2. The molecule has 172 valence electrons. The van der Waals surface area contributed by atoms with Gasteiger partial charge in [-0.2, -0.15) is 5.26 Å². The molecule has 0 aliphatic carbocycles. The van der Waals surface area contributed by atoms with Crippen LogP contribution in [0.2, 0.25) is 0 Å². The number of benzene rings is 2. The zero-order valence-corrected chi connectivity index (χ0v) is 18.9. The molecule has 2 heterocycles. The van der Waals surface area contributed by atoms with E-state index in [-0.39, 0.29) is 24.3 Å². The van der Waals surface area contributed by atoms with Gasteiger partial charge in [-0.05, 0) is 48.5 Å². The third kappa shape index (κ3) is 4.72. The number of nitrogens with zero attached hydrogens (tertiary/aromatic N) is 4. The quantitative estimate of drug-likeness (QED) is 0.564. The molecular formula is C25H24N6O3. The monoisotopic (exact) mass is 456 g/mol. The Hall–Kier alpha value is -4.29. The van der Waals surface area contributed by atoms with Gasteiger partial charge in [-0.25, -0.2) is 4.98 Å². The summed E-state index contributed by atoms with van der Waals surface area (Å²) in [6.07, 6.45) is 1.48. The SMILES string of the molecule is CCN(CC(=O)Nc1ccc(NC(C)=O)cc1)CC1=CC(=O)n2c(nc3ccccc32)C1C#N. The van der Waals surface area contributed by atoms with E-state index >= 15 is 0 Å². The molecule has 2 amide bonds. The van der Waals surface area contributed by atoms with Crippen molar-refractivity contribution >= 4 is 40.1 Å². The van der Waals surface area contributed by atoms with Crippen molar-refractivity contribution < 1.29 is 14.4 Å². The fraction of sp³-hybridized carbons (Fsp3) is 0.240. The number of fused-ring (bicyclic) bond motifs is 3. The van der Waals surface area contributed by atoms with E-state index in [0.29, 0.717) is 46.9 Å². The normalized spacial score (nSPS) is 14.9. The predicted octanol–water partition coefficient (Wildman–Crippen LogP) is 3.14. The van der Waals surface area contributed by atoms with Gasteiger partial charge in [-0.3, -0.25) is 23.9 Å². The molecule has 0 saturated heterocycles. The molecule has 2 N–H and O–H groups in total. The number of nitriles is 1. The van der Waals surface area contributed by atoms with E-state index in [1.165, 1.54) is 17.6 Å². The Morgan fingerprint density at radius 3 is 2.44 bits per heavy atom. The largest absolute Gasteiger partial charge is 0.326 e. The van der Waals surface area contributed by atoms with Crippen molar-refractivity contribution in [2.45, 2.75) is 19.8 Å². The van der Waals surface area contributed by atoms with Gasteiger partial charge >= 0.3 is 0 Å². The van der Waals surface area contributed by atoms with Crippen LogP contribution in [0.3, 0.4) is 0 Å². The number of carbonyl (C=O) groups is 3. The summed E-state index contributed by atoms with van der Waals surface area (Å²) in [6.45, 7) is 4.27. The average Bonchev–Trinajstić information content (AvgIpc) is 3.19. The fourth-order valence-corrected chi connectivity index (χ4v) is 4.00. The summed E-state index contributed by atoms with van der Waals surface area (Å²) < 4.78 is 1.49. The number of rotatable bonds is 7. The van der Waals surface area contributed by atoms with Crippen molar-refractivity contribution in [2.24, 2.45) is 0 Å². The summed E-state index contributed by atoms with van der Waals surface area (Å²) in [5, 5.41) is 15.4. The molecule has 1 aliphatic rings. The molecule has 4 rings (SSSR count). The second-order valence-corrected chi connectivity index (χ2v) is 8.02. The summed E-state index contributed by atoms with van der Waals surface area (Å²) in [6, 6.07) is 16.4. The minimum atomic E-state index is -0.677. The molecule has 0 saturated carbocycles. The van der Waals surface area contributed by atoms with E-state index in [0.717, 1.165) is 0 Å². The molecule has 2 aromatic carbocycles.